The van der Waals surface area contributed by atoms with Crippen LogP contribution >= 0.6 is 11.8 Å². The number of hydrogen-bond donors (Lipinski definition) is 1. The summed E-state index contributed by atoms with van der Waals surface area (Å²) in [6.45, 7) is 3.99. The van der Waals surface area contributed by atoms with Gasteiger partial charge >= 0.3 is 0 Å². The fourth-order valence-corrected chi connectivity index (χ4v) is 3.58. The van der Waals surface area contributed by atoms with Crippen LogP contribution in [0.4, 0.5) is 5.69 Å². The molecule has 0 spiro atoms. The molecule has 7 heteroatoms. The van der Waals surface area contributed by atoms with Gasteiger partial charge in [-0.2, -0.15) is 0 Å². The zero-order chi connectivity index (χ0) is 20.9. The quantitative estimate of drug-likeness (QED) is 0.463. The molecule has 2 aromatic carbocycles. The maximum atomic E-state index is 12.3. The topological polar surface area (TPSA) is 72.7 Å². The van der Waals surface area contributed by atoms with Crippen molar-refractivity contribution >= 4 is 23.4 Å². The van der Waals surface area contributed by atoms with Gasteiger partial charge in [0.25, 0.3) is 0 Å². The molecule has 1 amide bonds. The number of aromatic nitrogens is 4. The van der Waals surface area contributed by atoms with Gasteiger partial charge in [0.1, 0.15) is 5.03 Å². The summed E-state index contributed by atoms with van der Waals surface area (Å²) in [6, 6.07) is 17.9. The van der Waals surface area contributed by atoms with Crippen LogP contribution in [0.2, 0.25) is 0 Å². The van der Waals surface area contributed by atoms with Crippen LogP contribution in [0, 0.1) is 13.8 Å². The van der Waals surface area contributed by atoms with Crippen LogP contribution in [-0.4, -0.2) is 31.4 Å². The minimum atomic E-state index is -0.0605. The number of benzene rings is 2. The summed E-state index contributed by atoms with van der Waals surface area (Å²) < 4.78 is 1.94. The molecule has 0 aliphatic rings. The van der Waals surface area contributed by atoms with Crippen LogP contribution in [0.1, 0.15) is 11.1 Å². The van der Waals surface area contributed by atoms with Crippen LogP contribution < -0.4 is 5.32 Å². The number of anilines is 1. The normalized spacial score (nSPS) is 10.7. The standard InChI is InChI=1S/C23H21N5OS/c1-16-3-4-17(2)21(13-16)25-22(29)14-30-23-10-9-20(26-27-23)18-5-7-19(8-6-18)28-12-11-24-15-28/h3-13,15H,14H2,1-2H3,(H,25,29). The Morgan fingerprint density at radius 3 is 2.57 bits per heavy atom. The highest BCUT2D eigenvalue weighted by atomic mass is 32.2. The second kappa shape index (κ2) is 8.92. The average molecular weight is 416 g/mol. The van der Waals surface area contributed by atoms with E-state index in [-0.39, 0.29) is 11.7 Å². The molecule has 2 heterocycles. The SMILES string of the molecule is Cc1ccc(C)c(NC(=O)CSc2ccc(-c3ccc(-n4ccnc4)cc3)nn2)c1. The molecule has 6 nitrogen and oxygen atoms in total. The maximum Gasteiger partial charge on any atom is 0.234 e. The number of thioether (sulfide) groups is 1. The van der Waals surface area contributed by atoms with E-state index in [1.165, 1.54) is 11.8 Å². The number of carbonyl (C=O) groups is 1. The van der Waals surface area contributed by atoms with Crippen molar-refractivity contribution in [1.29, 1.82) is 0 Å². The Bertz CT molecular complexity index is 1140. The first-order valence-electron chi connectivity index (χ1n) is 9.51. The fourth-order valence-electron chi connectivity index (χ4n) is 2.96. The Morgan fingerprint density at radius 2 is 1.87 bits per heavy atom. The molecule has 1 N–H and O–H groups in total. The summed E-state index contributed by atoms with van der Waals surface area (Å²) in [5.74, 6) is 0.218. The van der Waals surface area contributed by atoms with E-state index in [4.69, 9.17) is 0 Å². The van der Waals surface area contributed by atoms with Gasteiger partial charge in [0, 0.05) is 29.3 Å². The number of rotatable bonds is 6. The monoisotopic (exact) mass is 415 g/mol. The van der Waals surface area contributed by atoms with Crippen molar-refractivity contribution in [3.63, 3.8) is 0 Å². The number of imidazole rings is 1. The number of hydrogen-bond acceptors (Lipinski definition) is 5. The molecule has 150 valence electrons. The molecule has 0 saturated heterocycles. The number of nitrogens with zero attached hydrogens (tertiary/aromatic N) is 4. The minimum absolute atomic E-state index is 0.0605. The van der Waals surface area contributed by atoms with Crippen molar-refractivity contribution in [2.45, 2.75) is 18.9 Å². The maximum absolute atomic E-state index is 12.3. The van der Waals surface area contributed by atoms with Crippen molar-refractivity contribution in [3.8, 4) is 16.9 Å². The molecule has 4 aromatic rings. The lowest BCUT2D eigenvalue weighted by molar-refractivity contribution is -0.113. The number of nitrogens with one attached hydrogen (secondary N) is 1. The van der Waals surface area contributed by atoms with E-state index in [0.29, 0.717) is 5.03 Å². The predicted molar refractivity (Wildman–Crippen MR) is 120 cm³/mol. The second-order valence-electron chi connectivity index (χ2n) is 6.93. The molecule has 30 heavy (non-hydrogen) atoms. The molecule has 0 radical (unpaired) electrons. The summed E-state index contributed by atoms with van der Waals surface area (Å²) in [7, 11) is 0. The first-order chi connectivity index (χ1) is 14.6. The van der Waals surface area contributed by atoms with Crippen molar-refractivity contribution in [2.24, 2.45) is 0 Å². The summed E-state index contributed by atoms with van der Waals surface area (Å²) in [5.41, 5.74) is 5.81. The molecule has 0 bridgehead atoms. The van der Waals surface area contributed by atoms with Gasteiger partial charge in [-0.15, -0.1) is 10.2 Å². The lowest BCUT2D eigenvalue weighted by atomic mass is 10.1. The van der Waals surface area contributed by atoms with E-state index in [1.54, 1.807) is 12.5 Å². The third-order valence-electron chi connectivity index (χ3n) is 4.62. The highest BCUT2D eigenvalue weighted by molar-refractivity contribution is 7.99. The van der Waals surface area contributed by atoms with Gasteiger partial charge in [0.15, 0.2) is 0 Å². The second-order valence-corrected chi connectivity index (χ2v) is 7.92. The molecular formula is C23H21N5OS. The molecule has 0 fully saturated rings. The third-order valence-corrected chi connectivity index (χ3v) is 5.54. The molecule has 0 saturated carbocycles. The largest absolute Gasteiger partial charge is 0.325 e. The minimum Gasteiger partial charge on any atom is -0.325 e. The zero-order valence-corrected chi connectivity index (χ0v) is 17.6. The third kappa shape index (κ3) is 4.75. The van der Waals surface area contributed by atoms with Crippen LogP contribution in [0.15, 0.2) is 78.3 Å². The predicted octanol–water partition coefficient (Wildman–Crippen LogP) is 4.68. The van der Waals surface area contributed by atoms with Crippen molar-refractivity contribution in [2.75, 3.05) is 11.1 Å². The first-order valence-corrected chi connectivity index (χ1v) is 10.5. The van der Waals surface area contributed by atoms with E-state index >= 15 is 0 Å². The summed E-state index contributed by atoms with van der Waals surface area (Å²) in [4.78, 5) is 16.3. The Balaban J connectivity index is 1.35. The van der Waals surface area contributed by atoms with Gasteiger partial charge in [-0.25, -0.2) is 4.98 Å². The summed E-state index contributed by atoms with van der Waals surface area (Å²) in [6.07, 6.45) is 5.41. The van der Waals surface area contributed by atoms with E-state index < -0.39 is 0 Å². The highest BCUT2D eigenvalue weighted by Crippen LogP contribution is 2.22. The molecule has 0 aliphatic carbocycles. The highest BCUT2D eigenvalue weighted by Gasteiger charge is 2.08. The van der Waals surface area contributed by atoms with Gasteiger partial charge in [-0.1, -0.05) is 36.0 Å². The van der Waals surface area contributed by atoms with Gasteiger partial charge in [-0.3, -0.25) is 4.79 Å². The van der Waals surface area contributed by atoms with Crippen LogP contribution in [0.5, 0.6) is 0 Å². The summed E-state index contributed by atoms with van der Waals surface area (Å²) in [5, 5.41) is 12.2. The fraction of sp³-hybridized carbons (Fsp3) is 0.130. The Kier molecular flexibility index (Phi) is 5.90. The van der Waals surface area contributed by atoms with Gasteiger partial charge < -0.3 is 9.88 Å². The van der Waals surface area contributed by atoms with Crippen LogP contribution in [0.3, 0.4) is 0 Å². The Morgan fingerprint density at radius 1 is 1.03 bits per heavy atom. The Hall–Kier alpha value is -3.45. The van der Waals surface area contributed by atoms with E-state index in [9.17, 15) is 4.79 Å². The van der Waals surface area contributed by atoms with Crippen LogP contribution in [-0.2, 0) is 4.79 Å². The number of amides is 1. The van der Waals surface area contributed by atoms with E-state index in [0.717, 1.165) is 33.8 Å². The number of aryl methyl sites for hydroxylation is 2. The first kappa shape index (κ1) is 19.8. The zero-order valence-electron chi connectivity index (χ0n) is 16.7. The van der Waals surface area contributed by atoms with Crippen LogP contribution in [0.25, 0.3) is 16.9 Å². The molecule has 2 aromatic heterocycles. The number of carbonyl (C=O) groups excluding carboxylic acids is 1. The molecule has 0 atom stereocenters. The average Bonchev–Trinajstić information content (AvgIpc) is 3.30. The van der Waals surface area contributed by atoms with E-state index in [1.807, 2.05) is 79.2 Å². The van der Waals surface area contributed by atoms with Gasteiger partial charge in [0.2, 0.25) is 5.91 Å². The lowest BCUT2D eigenvalue weighted by Gasteiger charge is -2.09. The van der Waals surface area contributed by atoms with Gasteiger partial charge in [-0.05, 0) is 55.3 Å². The van der Waals surface area contributed by atoms with E-state index in [2.05, 4.69) is 20.5 Å². The lowest BCUT2D eigenvalue weighted by Crippen LogP contribution is -2.15. The van der Waals surface area contributed by atoms with Gasteiger partial charge in [0.05, 0.1) is 17.8 Å². The molecule has 4 rings (SSSR count). The molecular weight excluding hydrogens is 394 g/mol. The van der Waals surface area contributed by atoms with Crippen molar-refractivity contribution in [3.05, 3.63) is 84.4 Å². The molecule has 0 unspecified atom stereocenters. The van der Waals surface area contributed by atoms with Crippen molar-refractivity contribution < 1.29 is 4.79 Å². The molecule has 0 aliphatic heterocycles. The Labute approximate surface area is 179 Å². The van der Waals surface area contributed by atoms with Crippen molar-refractivity contribution in [1.82, 2.24) is 19.7 Å². The smallest absolute Gasteiger partial charge is 0.234 e. The summed E-state index contributed by atoms with van der Waals surface area (Å²) >= 11 is 1.37.